The van der Waals surface area contributed by atoms with Crippen LogP contribution in [-0.2, 0) is 0 Å². The maximum absolute atomic E-state index is 2.44. The molecule has 0 heteroatoms. The Kier molecular flexibility index (Phi) is 5.70. The van der Waals surface area contributed by atoms with Gasteiger partial charge in [0.15, 0.2) is 0 Å². The molecule has 0 atom stereocenters. The Labute approximate surface area is 76.4 Å². The predicted octanol–water partition coefficient (Wildman–Crippen LogP) is 4.05. The monoisotopic (exact) mass is 163 g/mol. The second-order valence-corrected chi connectivity index (χ2v) is 3.36. The van der Waals surface area contributed by atoms with Gasteiger partial charge in [-0.15, -0.1) is 0 Å². The highest BCUT2D eigenvalue weighted by Crippen LogP contribution is 2.09. The normalized spacial score (nSPS) is 21.3. The SMILES string of the molecule is [CH]1CCCC=CC=CCCCC1. The first-order valence-corrected chi connectivity index (χ1v) is 5.13. The largest absolute Gasteiger partial charge is 0.0845 e. The van der Waals surface area contributed by atoms with Crippen molar-refractivity contribution in [1.82, 2.24) is 0 Å². The van der Waals surface area contributed by atoms with Crippen LogP contribution in [0.4, 0.5) is 0 Å². The number of allylic oxidation sites excluding steroid dienone is 4. The van der Waals surface area contributed by atoms with Crippen molar-refractivity contribution in [2.45, 2.75) is 44.9 Å². The summed E-state index contributed by atoms with van der Waals surface area (Å²) in [5.41, 5.74) is 0. The number of hydrogen-bond donors (Lipinski definition) is 0. The Morgan fingerprint density at radius 1 is 0.583 bits per heavy atom. The molecule has 0 fully saturated rings. The fourth-order valence-electron chi connectivity index (χ4n) is 1.42. The summed E-state index contributed by atoms with van der Waals surface area (Å²) in [6, 6.07) is 0. The van der Waals surface area contributed by atoms with Crippen molar-refractivity contribution in [3.63, 3.8) is 0 Å². The average Bonchev–Trinajstić information content (AvgIpc) is 2.05. The molecule has 0 amide bonds. The predicted molar refractivity (Wildman–Crippen MR) is 54.9 cm³/mol. The van der Waals surface area contributed by atoms with Crippen LogP contribution in [0.25, 0.3) is 0 Å². The summed E-state index contributed by atoms with van der Waals surface area (Å²) < 4.78 is 0. The van der Waals surface area contributed by atoms with Crippen molar-refractivity contribution in [3.05, 3.63) is 30.7 Å². The quantitative estimate of drug-likeness (QED) is 0.505. The van der Waals surface area contributed by atoms with Crippen LogP contribution in [-0.4, -0.2) is 0 Å². The van der Waals surface area contributed by atoms with E-state index in [1.165, 1.54) is 44.9 Å². The van der Waals surface area contributed by atoms with Gasteiger partial charge in [0.2, 0.25) is 0 Å². The Balaban J connectivity index is 2.21. The summed E-state index contributed by atoms with van der Waals surface area (Å²) >= 11 is 0. The van der Waals surface area contributed by atoms with Gasteiger partial charge in [-0.1, -0.05) is 37.1 Å². The third kappa shape index (κ3) is 5.17. The van der Waals surface area contributed by atoms with Crippen molar-refractivity contribution in [2.75, 3.05) is 0 Å². The van der Waals surface area contributed by atoms with Crippen molar-refractivity contribution >= 4 is 0 Å². The summed E-state index contributed by atoms with van der Waals surface area (Å²) in [6.45, 7) is 0. The molecule has 1 aliphatic rings. The van der Waals surface area contributed by atoms with Gasteiger partial charge in [-0.25, -0.2) is 0 Å². The van der Waals surface area contributed by atoms with Gasteiger partial charge in [0.25, 0.3) is 0 Å². The lowest BCUT2D eigenvalue weighted by Gasteiger charge is -1.99. The molecule has 0 aromatic heterocycles. The molecule has 0 spiro atoms. The first kappa shape index (κ1) is 9.57. The molecule has 0 aliphatic heterocycles. The van der Waals surface area contributed by atoms with Crippen LogP contribution in [0, 0.1) is 6.42 Å². The van der Waals surface area contributed by atoms with Crippen LogP contribution < -0.4 is 0 Å². The minimum atomic E-state index is 1.24. The van der Waals surface area contributed by atoms with Crippen molar-refractivity contribution < 1.29 is 0 Å². The molecular weight excluding hydrogens is 144 g/mol. The molecular formula is C12H19. The lowest BCUT2D eigenvalue weighted by Crippen LogP contribution is -1.81. The summed E-state index contributed by atoms with van der Waals surface area (Å²) in [5, 5.41) is 0. The molecule has 0 aromatic rings. The zero-order valence-corrected chi connectivity index (χ0v) is 7.84. The first-order chi connectivity index (χ1) is 6.00. The molecule has 0 saturated heterocycles. The van der Waals surface area contributed by atoms with Gasteiger partial charge in [0, 0.05) is 0 Å². The number of rotatable bonds is 0. The van der Waals surface area contributed by atoms with Gasteiger partial charge in [0.1, 0.15) is 0 Å². The van der Waals surface area contributed by atoms with E-state index in [4.69, 9.17) is 0 Å². The second kappa shape index (κ2) is 7.15. The highest BCUT2D eigenvalue weighted by atomic mass is 14.0. The summed E-state index contributed by atoms with van der Waals surface area (Å²) in [7, 11) is 0. The van der Waals surface area contributed by atoms with Crippen molar-refractivity contribution in [3.8, 4) is 0 Å². The zero-order valence-electron chi connectivity index (χ0n) is 7.84. The van der Waals surface area contributed by atoms with Gasteiger partial charge >= 0.3 is 0 Å². The summed E-state index contributed by atoms with van der Waals surface area (Å²) in [4.78, 5) is 0. The fourth-order valence-corrected chi connectivity index (χ4v) is 1.42. The zero-order chi connectivity index (χ0) is 8.49. The van der Waals surface area contributed by atoms with E-state index in [9.17, 15) is 0 Å². The molecule has 67 valence electrons. The molecule has 1 radical (unpaired) electrons. The van der Waals surface area contributed by atoms with E-state index in [1.54, 1.807) is 0 Å². The maximum atomic E-state index is 2.44. The highest BCUT2D eigenvalue weighted by Gasteiger charge is 1.90. The lowest BCUT2D eigenvalue weighted by atomic mass is 10.1. The van der Waals surface area contributed by atoms with E-state index in [0.29, 0.717) is 0 Å². The first-order valence-electron chi connectivity index (χ1n) is 5.13. The Morgan fingerprint density at radius 2 is 1.17 bits per heavy atom. The van der Waals surface area contributed by atoms with Gasteiger partial charge in [0.05, 0.1) is 0 Å². The van der Waals surface area contributed by atoms with Crippen molar-refractivity contribution in [1.29, 1.82) is 0 Å². The van der Waals surface area contributed by atoms with Gasteiger partial charge < -0.3 is 0 Å². The Bertz CT molecular complexity index is 124. The van der Waals surface area contributed by atoms with Gasteiger partial charge in [-0.05, 0) is 38.5 Å². The van der Waals surface area contributed by atoms with Gasteiger partial charge in [-0.2, -0.15) is 0 Å². The summed E-state index contributed by atoms with van der Waals surface area (Å²) in [5.74, 6) is 0. The fraction of sp³-hybridized carbons (Fsp3) is 0.583. The van der Waals surface area contributed by atoms with E-state index < -0.39 is 0 Å². The lowest BCUT2D eigenvalue weighted by molar-refractivity contribution is 0.696. The molecule has 1 aliphatic carbocycles. The molecule has 1 rings (SSSR count). The Hall–Kier alpha value is -0.520. The van der Waals surface area contributed by atoms with Crippen LogP contribution in [0.2, 0.25) is 0 Å². The van der Waals surface area contributed by atoms with Crippen LogP contribution in [0.5, 0.6) is 0 Å². The number of hydrogen-bond acceptors (Lipinski definition) is 0. The van der Waals surface area contributed by atoms with E-state index in [-0.39, 0.29) is 0 Å². The van der Waals surface area contributed by atoms with Crippen molar-refractivity contribution in [2.24, 2.45) is 0 Å². The molecule has 0 saturated carbocycles. The smallest absolute Gasteiger partial charge is 0.0348 e. The molecule has 0 bridgehead atoms. The van der Waals surface area contributed by atoms with E-state index in [0.717, 1.165) is 0 Å². The minimum Gasteiger partial charge on any atom is -0.0845 e. The standard InChI is InChI=1S/C12H19/c1-2-4-6-8-10-12-11-9-7-5-3-1/h1-4,11H,5-10,12H2. The van der Waals surface area contributed by atoms with Crippen LogP contribution in [0.3, 0.4) is 0 Å². The second-order valence-electron chi connectivity index (χ2n) is 3.36. The molecule has 0 nitrogen and oxygen atoms in total. The molecule has 0 N–H and O–H groups in total. The highest BCUT2D eigenvalue weighted by molar-refractivity contribution is 5.02. The topological polar surface area (TPSA) is 0 Å². The molecule has 0 heterocycles. The Morgan fingerprint density at radius 3 is 2.00 bits per heavy atom. The minimum absolute atomic E-state index is 1.24. The van der Waals surface area contributed by atoms with Crippen LogP contribution in [0.15, 0.2) is 24.3 Å². The van der Waals surface area contributed by atoms with E-state index in [2.05, 4.69) is 30.7 Å². The van der Waals surface area contributed by atoms with Crippen LogP contribution in [0.1, 0.15) is 44.9 Å². The third-order valence-electron chi connectivity index (χ3n) is 2.19. The van der Waals surface area contributed by atoms with E-state index >= 15 is 0 Å². The third-order valence-corrected chi connectivity index (χ3v) is 2.19. The van der Waals surface area contributed by atoms with Crippen LogP contribution >= 0.6 is 0 Å². The molecule has 0 aromatic carbocycles. The maximum Gasteiger partial charge on any atom is -0.0348 e. The van der Waals surface area contributed by atoms with E-state index in [1.807, 2.05) is 0 Å². The molecule has 12 heavy (non-hydrogen) atoms. The molecule has 0 unspecified atom stereocenters. The summed E-state index contributed by atoms with van der Waals surface area (Å²) in [6.07, 6.45) is 20.5. The average molecular weight is 163 g/mol. The van der Waals surface area contributed by atoms with Gasteiger partial charge in [-0.3, -0.25) is 0 Å².